The van der Waals surface area contributed by atoms with E-state index in [0.717, 1.165) is 35.2 Å². The summed E-state index contributed by atoms with van der Waals surface area (Å²) < 4.78 is 2.42. The number of hydrogen-bond acceptors (Lipinski definition) is 5. The normalized spacial score (nSPS) is 16.5. The summed E-state index contributed by atoms with van der Waals surface area (Å²) in [5.41, 5.74) is 0.683. The van der Waals surface area contributed by atoms with Crippen molar-refractivity contribution in [3.05, 3.63) is 50.5 Å². The Morgan fingerprint density at radius 3 is 2.37 bits per heavy atom. The lowest BCUT2D eigenvalue weighted by Crippen LogP contribution is -2.46. The number of aromatic nitrogens is 3. The van der Waals surface area contributed by atoms with Gasteiger partial charge in [0.05, 0.1) is 0 Å². The van der Waals surface area contributed by atoms with Gasteiger partial charge in [-0.3, -0.25) is 19.0 Å². The van der Waals surface area contributed by atoms with E-state index in [-0.39, 0.29) is 12.5 Å². The second kappa shape index (κ2) is 7.02. The summed E-state index contributed by atoms with van der Waals surface area (Å²) in [6, 6.07) is 7.91. The van der Waals surface area contributed by atoms with Gasteiger partial charge in [0.15, 0.2) is 0 Å². The van der Waals surface area contributed by atoms with Gasteiger partial charge in [-0.2, -0.15) is 0 Å². The number of hydrogen-bond donors (Lipinski definition) is 0. The molecule has 1 aromatic heterocycles. The largest absolute Gasteiger partial charge is 0.341 e. The van der Waals surface area contributed by atoms with Crippen LogP contribution < -0.4 is 16.0 Å². The van der Waals surface area contributed by atoms with Gasteiger partial charge in [0.25, 0.3) is 0 Å². The SMILES string of the molecule is Cc1ccc(N2CCn3c2nn(CC(=O)N2CCCCC2)c(=O)c3=O)cc1. The van der Waals surface area contributed by atoms with Crippen molar-refractivity contribution in [1.29, 1.82) is 0 Å². The van der Waals surface area contributed by atoms with E-state index in [1.54, 1.807) is 4.90 Å². The summed E-state index contributed by atoms with van der Waals surface area (Å²) in [4.78, 5) is 41.1. The summed E-state index contributed by atoms with van der Waals surface area (Å²) in [6.07, 6.45) is 3.07. The van der Waals surface area contributed by atoms with Crippen molar-refractivity contribution in [3.8, 4) is 0 Å². The molecule has 0 spiro atoms. The molecule has 2 aromatic rings. The van der Waals surface area contributed by atoms with Crippen molar-refractivity contribution in [2.45, 2.75) is 39.3 Å². The molecule has 2 aliphatic rings. The van der Waals surface area contributed by atoms with Crippen molar-refractivity contribution in [2.75, 3.05) is 24.5 Å². The Morgan fingerprint density at radius 2 is 1.67 bits per heavy atom. The molecule has 0 bridgehead atoms. The van der Waals surface area contributed by atoms with E-state index in [0.29, 0.717) is 32.1 Å². The maximum Gasteiger partial charge on any atom is 0.333 e. The van der Waals surface area contributed by atoms with Crippen LogP contribution in [0.2, 0.25) is 0 Å². The number of fused-ring (bicyclic) bond motifs is 1. The summed E-state index contributed by atoms with van der Waals surface area (Å²) in [5.74, 6) is 0.253. The third kappa shape index (κ3) is 3.27. The first kappa shape index (κ1) is 17.5. The van der Waals surface area contributed by atoms with Gasteiger partial charge < -0.3 is 9.80 Å². The minimum atomic E-state index is -0.741. The molecule has 1 saturated heterocycles. The highest BCUT2D eigenvalue weighted by atomic mass is 16.2. The number of benzene rings is 1. The zero-order valence-corrected chi connectivity index (χ0v) is 15.4. The number of piperidine rings is 1. The summed E-state index contributed by atoms with van der Waals surface area (Å²) >= 11 is 0. The minimum Gasteiger partial charge on any atom is -0.341 e. The van der Waals surface area contributed by atoms with Gasteiger partial charge in [0.2, 0.25) is 11.9 Å². The van der Waals surface area contributed by atoms with Gasteiger partial charge in [-0.05, 0) is 38.3 Å². The van der Waals surface area contributed by atoms with E-state index in [4.69, 9.17) is 0 Å². The maximum absolute atomic E-state index is 12.5. The summed E-state index contributed by atoms with van der Waals surface area (Å²) in [6.45, 7) is 4.19. The molecule has 27 heavy (non-hydrogen) atoms. The van der Waals surface area contributed by atoms with Crippen LogP contribution in [0.3, 0.4) is 0 Å². The van der Waals surface area contributed by atoms with Crippen LogP contribution in [0, 0.1) is 6.92 Å². The third-order valence-corrected chi connectivity index (χ3v) is 5.24. The smallest absolute Gasteiger partial charge is 0.333 e. The first-order valence-electron chi connectivity index (χ1n) is 9.38. The van der Waals surface area contributed by atoms with Crippen molar-refractivity contribution in [2.24, 2.45) is 0 Å². The fourth-order valence-electron chi connectivity index (χ4n) is 3.67. The molecule has 0 N–H and O–H groups in total. The Kier molecular flexibility index (Phi) is 4.55. The molecule has 4 rings (SSSR count). The highest BCUT2D eigenvalue weighted by Crippen LogP contribution is 2.26. The molecule has 0 atom stereocenters. The first-order chi connectivity index (χ1) is 13.0. The van der Waals surface area contributed by atoms with Gasteiger partial charge in [-0.25, -0.2) is 4.68 Å². The molecule has 0 radical (unpaired) electrons. The lowest BCUT2D eigenvalue weighted by Gasteiger charge is -2.26. The lowest BCUT2D eigenvalue weighted by atomic mass is 10.1. The molecular weight excluding hydrogens is 346 g/mol. The van der Waals surface area contributed by atoms with Crippen LogP contribution in [0.15, 0.2) is 33.9 Å². The second-order valence-corrected chi connectivity index (χ2v) is 7.15. The van der Waals surface area contributed by atoms with Crippen LogP contribution in [-0.4, -0.2) is 44.8 Å². The van der Waals surface area contributed by atoms with Crippen molar-refractivity contribution < 1.29 is 4.79 Å². The van der Waals surface area contributed by atoms with Gasteiger partial charge >= 0.3 is 11.1 Å². The van der Waals surface area contributed by atoms with Crippen LogP contribution in [0.25, 0.3) is 0 Å². The van der Waals surface area contributed by atoms with Crippen molar-refractivity contribution >= 4 is 17.5 Å². The predicted octanol–water partition coefficient (Wildman–Crippen LogP) is 0.878. The molecule has 3 heterocycles. The predicted molar refractivity (Wildman–Crippen MR) is 101 cm³/mol. The summed E-state index contributed by atoms with van der Waals surface area (Å²) in [5, 5.41) is 4.37. The van der Waals surface area contributed by atoms with Gasteiger partial charge in [0.1, 0.15) is 6.54 Å². The number of amides is 1. The average molecular weight is 369 g/mol. The number of nitrogens with zero attached hydrogens (tertiary/aromatic N) is 5. The number of carbonyl (C=O) groups is 1. The Labute approximate surface area is 156 Å². The topological polar surface area (TPSA) is 80.4 Å². The number of rotatable bonds is 3. The van der Waals surface area contributed by atoms with E-state index in [1.807, 2.05) is 36.1 Å². The number of anilines is 2. The van der Waals surface area contributed by atoms with Gasteiger partial charge in [-0.15, -0.1) is 5.10 Å². The highest BCUT2D eigenvalue weighted by molar-refractivity contribution is 5.76. The monoisotopic (exact) mass is 369 g/mol. The quantitative estimate of drug-likeness (QED) is 0.751. The molecule has 2 aliphatic heterocycles. The Hall–Kier alpha value is -2.90. The van der Waals surface area contributed by atoms with Gasteiger partial charge in [-0.1, -0.05) is 17.7 Å². The third-order valence-electron chi connectivity index (χ3n) is 5.24. The molecule has 8 heteroatoms. The highest BCUT2D eigenvalue weighted by Gasteiger charge is 2.27. The Balaban J connectivity index is 1.66. The molecule has 1 aromatic carbocycles. The van der Waals surface area contributed by atoms with E-state index in [1.165, 1.54) is 4.57 Å². The van der Waals surface area contributed by atoms with Crippen LogP contribution in [-0.2, 0) is 17.9 Å². The Morgan fingerprint density at radius 1 is 0.963 bits per heavy atom. The van der Waals surface area contributed by atoms with E-state index < -0.39 is 11.1 Å². The fourth-order valence-corrected chi connectivity index (χ4v) is 3.67. The van der Waals surface area contributed by atoms with E-state index >= 15 is 0 Å². The van der Waals surface area contributed by atoms with Crippen molar-refractivity contribution in [1.82, 2.24) is 19.2 Å². The molecule has 1 fully saturated rings. The molecule has 0 saturated carbocycles. The zero-order chi connectivity index (χ0) is 19.0. The summed E-state index contributed by atoms with van der Waals surface area (Å²) in [7, 11) is 0. The standard InChI is InChI=1S/C19H23N5O3/c1-14-5-7-15(8-6-14)22-11-12-23-17(26)18(27)24(20-19(22)23)13-16(25)21-9-3-2-4-10-21/h5-8H,2-4,9-13H2,1H3. The Bertz CT molecular complexity index is 970. The maximum atomic E-state index is 12.5. The van der Waals surface area contributed by atoms with Crippen LogP contribution in [0.5, 0.6) is 0 Å². The van der Waals surface area contributed by atoms with Gasteiger partial charge in [0, 0.05) is 31.9 Å². The first-order valence-corrected chi connectivity index (χ1v) is 9.38. The fraction of sp³-hybridized carbons (Fsp3) is 0.474. The minimum absolute atomic E-state index is 0.159. The number of aryl methyl sites for hydroxylation is 1. The van der Waals surface area contributed by atoms with Crippen molar-refractivity contribution in [3.63, 3.8) is 0 Å². The van der Waals surface area contributed by atoms with E-state index in [9.17, 15) is 14.4 Å². The number of carbonyl (C=O) groups excluding carboxylic acids is 1. The molecule has 8 nitrogen and oxygen atoms in total. The molecule has 0 aliphatic carbocycles. The molecule has 0 unspecified atom stereocenters. The second-order valence-electron chi connectivity index (χ2n) is 7.15. The van der Waals surface area contributed by atoms with Crippen LogP contribution in [0.4, 0.5) is 11.6 Å². The van der Waals surface area contributed by atoms with E-state index in [2.05, 4.69) is 5.10 Å². The molecule has 142 valence electrons. The zero-order valence-electron chi connectivity index (χ0n) is 15.4. The van der Waals surface area contributed by atoms with Crippen LogP contribution in [0.1, 0.15) is 24.8 Å². The molecule has 1 amide bonds. The lowest BCUT2D eigenvalue weighted by molar-refractivity contribution is -0.133. The average Bonchev–Trinajstić information content (AvgIpc) is 3.11. The van der Waals surface area contributed by atoms with Crippen LogP contribution >= 0.6 is 0 Å². The number of likely N-dealkylation sites (tertiary alicyclic amines) is 1. The molecular formula is C19H23N5O3.